The highest BCUT2D eigenvalue weighted by Crippen LogP contribution is 2.23. The van der Waals surface area contributed by atoms with Crippen molar-refractivity contribution in [1.82, 2.24) is 20.2 Å². The molecule has 0 unspecified atom stereocenters. The number of hydrogen-bond acceptors (Lipinski definition) is 8. The summed E-state index contributed by atoms with van der Waals surface area (Å²) in [6.45, 7) is 3.08. The second kappa shape index (κ2) is 11.6. The minimum atomic E-state index is -0.607. The molecule has 2 aromatic heterocycles. The molecule has 9 nitrogen and oxygen atoms in total. The second-order valence-electron chi connectivity index (χ2n) is 5.04. The molecule has 0 saturated heterocycles. The Hall–Kier alpha value is -1.94. The predicted molar refractivity (Wildman–Crippen MR) is 97.8 cm³/mol. The van der Waals surface area contributed by atoms with E-state index in [1.807, 2.05) is 14.1 Å². The number of hydrogen-bond donors (Lipinski definition) is 1. The van der Waals surface area contributed by atoms with Crippen molar-refractivity contribution >= 4 is 30.7 Å². The third kappa shape index (κ3) is 7.65. The van der Waals surface area contributed by atoms with Crippen LogP contribution in [0.1, 0.15) is 0 Å². The zero-order chi connectivity index (χ0) is 16.7. The van der Waals surface area contributed by atoms with Gasteiger partial charge >= 0.3 is 5.88 Å². The molecule has 0 aliphatic heterocycles. The van der Waals surface area contributed by atoms with Gasteiger partial charge in [0, 0.05) is 19.6 Å². The monoisotopic (exact) mass is 393 g/mol. The number of nitrogens with zero attached hydrogens (tertiary/aromatic N) is 4. The molecule has 140 valence electrons. The van der Waals surface area contributed by atoms with E-state index in [2.05, 4.69) is 20.2 Å². The number of nitrogens with one attached hydrogen (secondary N) is 1. The summed E-state index contributed by atoms with van der Waals surface area (Å²) in [5.41, 5.74) is 0. The van der Waals surface area contributed by atoms with Crippen molar-refractivity contribution in [1.29, 1.82) is 0 Å². The van der Waals surface area contributed by atoms with Gasteiger partial charge in [0.05, 0.1) is 18.5 Å². The third-order valence-corrected chi connectivity index (χ3v) is 2.90. The van der Waals surface area contributed by atoms with Crippen molar-refractivity contribution < 1.29 is 14.1 Å². The highest BCUT2D eigenvalue weighted by Gasteiger charge is 2.14. The largest absolute Gasteiger partial charge is 0.489 e. The Kier molecular flexibility index (Phi) is 10.7. The van der Waals surface area contributed by atoms with Gasteiger partial charge in [0.15, 0.2) is 17.3 Å². The van der Waals surface area contributed by atoms with Crippen LogP contribution in [0.4, 0.5) is 5.88 Å². The van der Waals surface area contributed by atoms with E-state index in [9.17, 15) is 10.1 Å². The Morgan fingerprint density at radius 2 is 1.92 bits per heavy atom. The smallest absolute Gasteiger partial charge is 0.433 e. The van der Waals surface area contributed by atoms with E-state index >= 15 is 0 Å². The van der Waals surface area contributed by atoms with Crippen molar-refractivity contribution in [2.75, 3.05) is 40.3 Å². The molecular weight excluding hydrogens is 373 g/mol. The summed E-state index contributed by atoms with van der Waals surface area (Å²) in [6, 6.07) is 2.73. The maximum atomic E-state index is 10.6. The van der Waals surface area contributed by atoms with E-state index in [0.29, 0.717) is 12.4 Å². The van der Waals surface area contributed by atoms with Gasteiger partial charge in [-0.3, -0.25) is 10.1 Å². The van der Waals surface area contributed by atoms with Gasteiger partial charge in [0.1, 0.15) is 11.5 Å². The van der Waals surface area contributed by atoms with Crippen molar-refractivity contribution in [2.24, 2.45) is 0 Å². The van der Waals surface area contributed by atoms with Crippen molar-refractivity contribution in [3.05, 3.63) is 34.6 Å². The van der Waals surface area contributed by atoms with Gasteiger partial charge < -0.3 is 19.4 Å². The lowest BCUT2D eigenvalue weighted by molar-refractivity contribution is -0.401. The third-order valence-electron chi connectivity index (χ3n) is 2.90. The van der Waals surface area contributed by atoms with Crippen LogP contribution in [0, 0.1) is 10.1 Å². The summed E-state index contributed by atoms with van der Waals surface area (Å²) < 4.78 is 10.5. The lowest BCUT2D eigenvalue weighted by Crippen LogP contribution is -2.29. The van der Waals surface area contributed by atoms with Gasteiger partial charge in [-0.05, 0) is 20.2 Å². The molecule has 25 heavy (non-hydrogen) atoms. The molecule has 0 aliphatic rings. The molecular formula is C14H21Cl2N5O4. The summed E-state index contributed by atoms with van der Waals surface area (Å²) in [6.07, 6.45) is 3.02. The number of furan rings is 1. The van der Waals surface area contributed by atoms with Gasteiger partial charge in [-0.1, -0.05) is 0 Å². The van der Waals surface area contributed by atoms with Crippen LogP contribution in [0.15, 0.2) is 28.9 Å². The van der Waals surface area contributed by atoms with E-state index in [0.717, 1.165) is 19.6 Å². The molecule has 2 rings (SSSR count). The highest BCUT2D eigenvalue weighted by molar-refractivity contribution is 5.85. The van der Waals surface area contributed by atoms with Crippen LogP contribution in [0.5, 0.6) is 5.75 Å². The molecule has 0 aromatic carbocycles. The fraction of sp³-hybridized carbons (Fsp3) is 0.429. The zero-order valence-electron chi connectivity index (χ0n) is 13.9. The first-order valence-corrected chi connectivity index (χ1v) is 7.11. The maximum Gasteiger partial charge on any atom is 0.433 e. The van der Waals surface area contributed by atoms with Crippen molar-refractivity contribution in [2.45, 2.75) is 0 Å². The van der Waals surface area contributed by atoms with Crippen LogP contribution in [0.25, 0.3) is 11.6 Å². The number of aromatic nitrogens is 2. The average molecular weight is 394 g/mol. The average Bonchev–Trinajstić information content (AvgIpc) is 3.01. The number of ether oxygens (including phenoxy) is 1. The molecule has 0 radical (unpaired) electrons. The molecule has 1 N–H and O–H groups in total. The van der Waals surface area contributed by atoms with E-state index in [4.69, 9.17) is 9.15 Å². The minimum Gasteiger partial charge on any atom is -0.489 e. The Balaban J connectivity index is 0.00000288. The van der Waals surface area contributed by atoms with Crippen molar-refractivity contribution in [3.8, 4) is 17.3 Å². The topological polar surface area (TPSA) is 107 Å². The standard InChI is InChI=1S/C14H19N5O4.2ClH/c1-18(2)7-5-15-6-8-22-11-9-16-14(17-10-11)12-3-4-13(23-12)19(20)21;;/h3-4,9-10,15H,5-8H2,1-2H3;2*1H. The predicted octanol–water partition coefficient (Wildman–Crippen LogP) is 2.02. The van der Waals surface area contributed by atoms with Crippen molar-refractivity contribution in [3.63, 3.8) is 0 Å². The van der Waals surface area contributed by atoms with Crippen LogP contribution < -0.4 is 10.1 Å². The molecule has 0 amide bonds. The molecule has 0 fully saturated rings. The number of rotatable bonds is 9. The molecule has 0 atom stereocenters. The molecule has 0 bridgehead atoms. The van der Waals surface area contributed by atoms with Crippen LogP contribution in [0.2, 0.25) is 0 Å². The molecule has 0 aliphatic carbocycles. The fourth-order valence-corrected chi connectivity index (χ4v) is 1.73. The van der Waals surface area contributed by atoms with Crippen LogP contribution in [-0.4, -0.2) is 60.1 Å². The van der Waals surface area contributed by atoms with E-state index in [-0.39, 0.29) is 42.3 Å². The molecule has 2 aromatic rings. The maximum absolute atomic E-state index is 10.6. The Labute approximate surface area is 157 Å². The van der Waals surface area contributed by atoms with Gasteiger partial charge in [-0.25, -0.2) is 9.97 Å². The first kappa shape index (κ1) is 23.1. The molecule has 11 heteroatoms. The quantitative estimate of drug-likeness (QED) is 0.391. The van der Waals surface area contributed by atoms with Gasteiger partial charge in [0.2, 0.25) is 0 Å². The minimum absolute atomic E-state index is 0. The Morgan fingerprint density at radius 1 is 1.24 bits per heavy atom. The molecule has 0 saturated carbocycles. The van der Waals surface area contributed by atoms with Gasteiger partial charge in [0.25, 0.3) is 0 Å². The Bertz CT molecular complexity index is 636. The van der Waals surface area contributed by atoms with E-state index < -0.39 is 4.92 Å². The first-order chi connectivity index (χ1) is 11.1. The van der Waals surface area contributed by atoms with E-state index in [1.165, 1.54) is 24.5 Å². The molecule has 2 heterocycles. The number of nitro groups is 1. The Morgan fingerprint density at radius 3 is 2.48 bits per heavy atom. The summed E-state index contributed by atoms with van der Waals surface area (Å²) in [5, 5.41) is 13.8. The van der Waals surface area contributed by atoms with Gasteiger partial charge in [-0.15, -0.1) is 24.8 Å². The number of likely N-dealkylation sites (N-methyl/N-ethyl adjacent to an activating group) is 1. The SMILES string of the molecule is CN(C)CCNCCOc1cnc(-c2ccc([N+](=O)[O-])o2)nc1.Cl.Cl. The molecule has 0 spiro atoms. The lowest BCUT2D eigenvalue weighted by Gasteiger charge is -2.10. The number of halogens is 2. The lowest BCUT2D eigenvalue weighted by atomic mass is 10.4. The summed E-state index contributed by atoms with van der Waals surface area (Å²) in [4.78, 5) is 20.2. The first-order valence-electron chi connectivity index (χ1n) is 7.11. The zero-order valence-corrected chi connectivity index (χ0v) is 15.5. The highest BCUT2D eigenvalue weighted by atomic mass is 35.5. The van der Waals surface area contributed by atoms with Gasteiger partial charge in [-0.2, -0.15) is 0 Å². The second-order valence-corrected chi connectivity index (χ2v) is 5.04. The summed E-state index contributed by atoms with van der Waals surface area (Å²) in [7, 11) is 4.04. The van der Waals surface area contributed by atoms with Crippen LogP contribution in [0.3, 0.4) is 0 Å². The normalized spacial score (nSPS) is 10.0. The van der Waals surface area contributed by atoms with E-state index in [1.54, 1.807) is 0 Å². The summed E-state index contributed by atoms with van der Waals surface area (Å²) >= 11 is 0. The summed E-state index contributed by atoms with van der Waals surface area (Å²) in [5.74, 6) is 0.708. The van der Waals surface area contributed by atoms with Crippen LogP contribution in [-0.2, 0) is 0 Å². The fourth-order valence-electron chi connectivity index (χ4n) is 1.73. The van der Waals surface area contributed by atoms with Crippen LogP contribution >= 0.6 is 24.8 Å².